The van der Waals surface area contributed by atoms with Gasteiger partial charge in [-0.05, 0) is 42.0 Å². The fourth-order valence-corrected chi connectivity index (χ4v) is 3.36. The molecule has 2 atom stereocenters. The summed E-state index contributed by atoms with van der Waals surface area (Å²) in [7, 11) is 0. The third-order valence-corrected chi connectivity index (χ3v) is 4.44. The van der Waals surface area contributed by atoms with Crippen molar-refractivity contribution in [1.82, 2.24) is 0 Å². The van der Waals surface area contributed by atoms with Gasteiger partial charge in [-0.15, -0.1) is 11.3 Å². The Morgan fingerprint density at radius 1 is 1.35 bits per heavy atom. The summed E-state index contributed by atoms with van der Waals surface area (Å²) in [4.78, 5) is 1.08. The summed E-state index contributed by atoms with van der Waals surface area (Å²) in [5.41, 5.74) is 3.64. The van der Waals surface area contributed by atoms with Crippen LogP contribution in [0, 0.1) is 6.92 Å². The van der Waals surface area contributed by atoms with Crippen LogP contribution in [0.4, 0.5) is 5.69 Å². The van der Waals surface area contributed by atoms with Crippen molar-refractivity contribution in [3.63, 3.8) is 0 Å². The van der Waals surface area contributed by atoms with E-state index >= 15 is 0 Å². The van der Waals surface area contributed by atoms with E-state index in [-0.39, 0.29) is 6.04 Å². The van der Waals surface area contributed by atoms with Crippen molar-refractivity contribution in [2.45, 2.75) is 25.5 Å². The molecule has 0 saturated heterocycles. The van der Waals surface area contributed by atoms with Gasteiger partial charge >= 0.3 is 0 Å². The monoisotopic (exact) mass is 245 g/mol. The Balaban J connectivity index is 1.83. The zero-order valence-electron chi connectivity index (χ0n) is 9.68. The van der Waals surface area contributed by atoms with Gasteiger partial charge in [0.1, 0.15) is 6.10 Å². The predicted molar refractivity (Wildman–Crippen MR) is 71.6 cm³/mol. The summed E-state index contributed by atoms with van der Waals surface area (Å²) in [6.07, 6.45) is 0.483. The highest BCUT2D eigenvalue weighted by Crippen LogP contribution is 2.34. The number of benzene rings is 1. The van der Waals surface area contributed by atoms with Crippen LogP contribution in [0.2, 0.25) is 0 Å². The number of rotatable bonds is 2. The van der Waals surface area contributed by atoms with E-state index in [1.54, 1.807) is 11.3 Å². The minimum absolute atomic E-state index is 0.102. The Morgan fingerprint density at radius 2 is 2.18 bits per heavy atom. The predicted octanol–water partition coefficient (Wildman–Crippen LogP) is 3.13. The molecule has 2 nitrogen and oxygen atoms in total. The summed E-state index contributed by atoms with van der Waals surface area (Å²) in [5.74, 6) is 0. The Bertz CT molecular complexity index is 510. The summed E-state index contributed by atoms with van der Waals surface area (Å²) in [6, 6.07) is 10.4. The standard InChI is InChI=1S/C14H15NOS/c1-9-6-7-17-14(9)13(16)12-8-10-4-2-3-5-11(10)15-12/h2-7,12-13,15-16H,8H2,1H3. The van der Waals surface area contributed by atoms with Crippen LogP contribution in [-0.4, -0.2) is 11.1 Å². The molecule has 88 valence electrons. The first-order valence-electron chi connectivity index (χ1n) is 5.82. The quantitative estimate of drug-likeness (QED) is 0.852. The van der Waals surface area contributed by atoms with Crippen LogP contribution in [0.1, 0.15) is 22.1 Å². The van der Waals surface area contributed by atoms with Crippen molar-refractivity contribution in [2.75, 3.05) is 5.32 Å². The van der Waals surface area contributed by atoms with Gasteiger partial charge in [-0.25, -0.2) is 0 Å². The molecule has 17 heavy (non-hydrogen) atoms. The smallest absolute Gasteiger partial charge is 0.109 e. The zero-order chi connectivity index (χ0) is 11.8. The van der Waals surface area contributed by atoms with E-state index in [0.717, 1.165) is 17.0 Å². The second-order valence-electron chi connectivity index (χ2n) is 4.52. The molecule has 0 radical (unpaired) electrons. The third kappa shape index (κ3) is 1.85. The second-order valence-corrected chi connectivity index (χ2v) is 5.47. The number of hydrogen-bond acceptors (Lipinski definition) is 3. The lowest BCUT2D eigenvalue weighted by atomic mass is 10.0. The molecule has 2 N–H and O–H groups in total. The van der Waals surface area contributed by atoms with Crippen LogP contribution in [0.25, 0.3) is 0 Å². The van der Waals surface area contributed by atoms with Gasteiger partial charge in [-0.3, -0.25) is 0 Å². The fraction of sp³-hybridized carbons (Fsp3) is 0.286. The first-order chi connectivity index (χ1) is 8.25. The minimum Gasteiger partial charge on any atom is -0.385 e. The SMILES string of the molecule is Cc1ccsc1C(O)C1Cc2ccccc2N1. The van der Waals surface area contributed by atoms with Crippen LogP contribution in [0.3, 0.4) is 0 Å². The van der Waals surface area contributed by atoms with Crippen molar-refractivity contribution in [1.29, 1.82) is 0 Å². The highest BCUT2D eigenvalue weighted by atomic mass is 32.1. The molecule has 2 heterocycles. The summed E-state index contributed by atoms with van der Waals surface area (Å²) in [6.45, 7) is 2.05. The van der Waals surface area contributed by atoms with Gasteiger partial charge in [0.25, 0.3) is 0 Å². The molecule has 0 amide bonds. The van der Waals surface area contributed by atoms with Gasteiger partial charge in [-0.2, -0.15) is 0 Å². The summed E-state index contributed by atoms with van der Waals surface area (Å²) in [5, 5.41) is 15.9. The Hall–Kier alpha value is -1.32. The highest BCUT2D eigenvalue weighted by Gasteiger charge is 2.28. The number of anilines is 1. The van der Waals surface area contributed by atoms with Crippen molar-refractivity contribution < 1.29 is 5.11 Å². The van der Waals surface area contributed by atoms with Gasteiger partial charge < -0.3 is 10.4 Å². The van der Waals surface area contributed by atoms with Gasteiger partial charge in [0.05, 0.1) is 6.04 Å². The second kappa shape index (κ2) is 4.17. The number of aliphatic hydroxyl groups excluding tert-OH is 1. The van der Waals surface area contributed by atoms with Crippen LogP contribution >= 0.6 is 11.3 Å². The van der Waals surface area contributed by atoms with Gasteiger partial charge in [-0.1, -0.05) is 18.2 Å². The molecule has 1 aromatic heterocycles. The Labute approximate surface area is 105 Å². The molecule has 0 saturated carbocycles. The average molecular weight is 245 g/mol. The largest absolute Gasteiger partial charge is 0.385 e. The molecule has 2 aromatic rings. The van der Waals surface area contributed by atoms with E-state index in [1.807, 2.05) is 17.5 Å². The van der Waals surface area contributed by atoms with Crippen LogP contribution in [0.15, 0.2) is 35.7 Å². The molecular formula is C14H15NOS. The zero-order valence-corrected chi connectivity index (χ0v) is 10.5. The Morgan fingerprint density at radius 3 is 2.88 bits per heavy atom. The highest BCUT2D eigenvalue weighted by molar-refractivity contribution is 7.10. The normalized spacial score (nSPS) is 19.8. The molecule has 0 spiro atoms. The lowest BCUT2D eigenvalue weighted by Crippen LogP contribution is -2.24. The summed E-state index contributed by atoms with van der Waals surface area (Å²) < 4.78 is 0. The first kappa shape index (κ1) is 10.8. The maximum atomic E-state index is 10.4. The molecule has 1 aromatic carbocycles. The summed E-state index contributed by atoms with van der Waals surface area (Å²) >= 11 is 1.63. The van der Waals surface area contributed by atoms with Crippen LogP contribution in [-0.2, 0) is 6.42 Å². The molecule has 1 aliphatic heterocycles. The fourth-order valence-electron chi connectivity index (χ4n) is 2.39. The van der Waals surface area contributed by atoms with Gasteiger partial charge in [0.15, 0.2) is 0 Å². The maximum Gasteiger partial charge on any atom is 0.109 e. The van der Waals surface area contributed by atoms with E-state index in [4.69, 9.17) is 0 Å². The Kier molecular flexibility index (Phi) is 2.65. The van der Waals surface area contributed by atoms with E-state index < -0.39 is 6.10 Å². The molecular weight excluding hydrogens is 230 g/mol. The van der Waals surface area contributed by atoms with E-state index in [1.165, 1.54) is 11.1 Å². The number of aryl methyl sites for hydroxylation is 1. The first-order valence-corrected chi connectivity index (χ1v) is 6.70. The molecule has 1 aliphatic rings. The van der Waals surface area contributed by atoms with Gasteiger partial charge in [0.2, 0.25) is 0 Å². The number of para-hydroxylation sites is 1. The number of nitrogens with one attached hydrogen (secondary N) is 1. The molecule has 3 heteroatoms. The van der Waals surface area contributed by atoms with E-state index in [0.29, 0.717) is 0 Å². The minimum atomic E-state index is -0.414. The van der Waals surface area contributed by atoms with E-state index in [9.17, 15) is 5.11 Å². The van der Waals surface area contributed by atoms with Crippen LogP contribution in [0.5, 0.6) is 0 Å². The average Bonchev–Trinajstić information content (AvgIpc) is 2.93. The number of hydrogen-bond donors (Lipinski definition) is 2. The topological polar surface area (TPSA) is 32.3 Å². The molecule has 3 rings (SSSR count). The number of thiophene rings is 1. The van der Waals surface area contributed by atoms with Crippen molar-refractivity contribution >= 4 is 17.0 Å². The molecule has 0 bridgehead atoms. The number of aliphatic hydroxyl groups is 1. The van der Waals surface area contributed by atoms with Crippen molar-refractivity contribution in [3.05, 3.63) is 51.7 Å². The number of fused-ring (bicyclic) bond motifs is 1. The maximum absolute atomic E-state index is 10.4. The van der Waals surface area contributed by atoms with Crippen molar-refractivity contribution in [3.8, 4) is 0 Å². The molecule has 0 fully saturated rings. The van der Waals surface area contributed by atoms with Crippen LogP contribution < -0.4 is 5.32 Å². The van der Waals surface area contributed by atoms with Gasteiger partial charge in [0, 0.05) is 10.6 Å². The molecule has 0 aliphatic carbocycles. The molecule has 2 unspecified atom stereocenters. The third-order valence-electron chi connectivity index (χ3n) is 3.35. The van der Waals surface area contributed by atoms with E-state index in [2.05, 4.69) is 30.4 Å². The lowest BCUT2D eigenvalue weighted by Gasteiger charge is -2.18. The van der Waals surface area contributed by atoms with Crippen molar-refractivity contribution in [2.24, 2.45) is 0 Å². The lowest BCUT2D eigenvalue weighted by molar-refractivity contribution is 0.160.